The molecular weight excluding hydrogens is 234 g/mol. The minimum atomic E-state index is 0.464. The largest absolute Gasteiger partial charge is 0.366 e. The predicted molar refractivity (Wildman–Crippen MR) is 73.1 cm³/mol. The molecule has 0 aliphatic heterocycles. The van der Waals surface area contributed by atoms with Crippen molar-refractivity contribution in [3.05, 3.63) is 11.8 Å². The average molecular weight is 253 g/mol. The third-order valence-corrected chi connectivity index (χ3v) is 4.24. The first-order chi connectivity index (χ1) is 8.22. The SMILES string of the molecule is CSC1CCCC1Nc1cc(C)nc(NN)n1. The first-order valence-electron chi connectivity index (χ1n) is 5.84. The molecule has 4 N–H and O–H groups in total. The molecule has 5 nitrogen and oxygen atoms in total. The molecule has 0 radical (unpaired) electrons. The van der Waals surface area contributed by atoms with Crippen LogP contribution >= 0.6 is 11.8 Å². The summed E-state index contributed by atoms with van der Waals surface area (Å²) < 4.78 is 0. The fourth-order valence-corrected chi connectivity index (χ4v) is 3.21. The Labute approximate surface area is 106 Å². The summed E-state index contributed by atoms with van der Waals surface area (Å²) in [5.41, 5.74) is 3.40. The zero-order chi connectivity index (χ0) is 12.3. The minimum absolute atomic E-state index is 0.464. The molecule has 94 valence electrons. The molecule has 0 saturated heterocycles. The number of nitrogens with two attached hydrogens (primary N) is 1. The maximum atomic E-state index is 5.34. The highest BCUT2D eigenvalue weighted by Gasteiger charge is 2.26. The summed E-state index contributed by atoms with van der Waals surface area (Å²) in [6.07, 6.45) is 5.95. The van der Waals surface area contributed by atoms with Crippen molar-refractivity contribution in [2.24, 2.45) is 5.84 Å². The lowest BCUT2D eigenvalue weighted by Crippen LogP contribution is -2.26. The third kappa shape index (κ3) is 3.01. The molecule has 2 unspecified atom stereocenters. The Kier molecular flexibility index (Phi) is 4.06. The number of nitrogens with one attached hydrogen (secondary N) is 2. The van der Waals surface area contributed by atoms with Crippen LogP contribution in [-0.4, -0.2) is 27.5 Å². The van der Waals surface area contributed by atoms with Crippen LogP contribution in [0.5, 0.6) is 0 Å². The van der Waals surface area contributed by atoms with Crippen molar-refractivity contribution >= 4 is 23.5 Å². The first-order valence-corrected chi connectivity index (χ1v) is 7.13. The Bertz CT molecular complexity index is 384. The van der Waals surface area contributed by atoms with Crippen LogP contribution in [0.3, 0.4) is 0 Å². The van der Waals surface area contributed by atoms with Gasteiger partial charge in [-0.3, -0.25) is 5.43 Å². The quantitative estimate of drug-likeness (QED) is 0.561. The molecule has 0 amide bonds. The number of nitrogen functional groups attached to an aromatic ring is 1. The molecule has 1 heterocycles. The van der Waals surface area contributed by atoms with Crippen molar-refractivity contribution in [2.45, 2.75) is 37.5 Å². The molecule has 1 aromatic rings. The second kappa shape index (κ2) is 5.55. The zero-order valence-corrected chi connectivity index (χ0v) is 11.0. The number of thioether (sulfide) groups is 1. The van der Waals surface area contributed by atoms with Gasteiger partial charge in [0.25, 0.3) is 0 Å². The van der Waals surface area contributed by atoms with Crippen molar-refractivity contribution in [3.63, 3.8) is 0 Å². The maximum Gasteiger partial charge on any atom is 0.239 e. The second-order valence-corrected chi connectivity index (χ2v) is 5.40. The van der Waals surface area contributed by atoms with E-state index < -0.39 is 0 Å². The summed E-state index contributed by atoms with van der Waals surface area (Å²) in [6, 6.07) is 2.46. The van der Waals surface area contributed by atoms with Gasteiger partial charge in [0.05, 0.1) is 0 Å². The van der Waals surface area contributed by atoms with Crippen molar-refractivity contribution < 1.29 is 0 Å². The number of hydrogen-bond acceptors (Lipinski definition) is 6. The topological polar surface area (TPSA) is 75.9 Å². The standard InChI is InChI=1S/C11H19N5S/c1-7-6-10(15-11(13-7)16-12)14-8-4-3-5-9(8)17-2/h6,8-9H,3-5,12H2,1-2H3,(H2,13,14,15,16). The van der Waals surface area contributed by atoms with E-state index in [9.17, 15) is 0 Å². The van der Waals surface area contributed by atoms with E-state index in [4.69, 9.17) is 5.84 Å². The Morgan fingerprint density at radius 3 is 2.94 bits per heavy atom. The van der Waals surface area contributed by atoms with Crippen molar-refractivity contribution in [3.8, 4) is 0 Å². The monoisotopic (exact) mass is 253 g/mol. The third-order valence-electron chi connectivity index (χ3n) is 3.07. The highest BCUT2D eigenvalue weighted by molar-refractivity contribution is 7.99. The fourth-order valence-electron chi connectivity index (χ4n) is 2.27. The van der Waals surface area contributed by atoms with Crippen LogP contribution in [0.2, 0.25) is 0 Å². The number of rotatable bonds is 4. The summed E-state index contributed by atoms with van der Waals surface area (Å²) in [4.78, 5) is 8.49. The van der Waals surface area contributed by atoms with Gasteiger partial charge in [-0.2, -0.15) is 16.7 Å². The first kappa shape index (κ1) is 12.4. The Morgan fingerprint density at radius 2 is 2.24 bits per heavy atom. The average Bonchev–Trinajstić information content (AvgIpc) is 2.75. The van der Waals surface area contributed by atoms with E-state index in [2.05, 4.69) is 27.0 Å². The van der Waals surface area contributed by atoms with E-state index in [1.54, 1.807) is 0 Å². The van der Waals surface area contributed by atoms with Gasteiger partial charge in [-0.15, -0.1) is 0 Å². The van der Waals surface area contributed by atoms with Crippen LogP contribution < -0.4 is 16.6 Å². The number of anilines is 2. The molecule has 0 aromatic carbocycles. The van der Waals surface area contributed by atoms with E-state index in [0.29, 0.717) is 17.2 Å². The fraction of sp³-hybridized carbons (Fsp3) is 0.636. The molecular formula is C11H19N5S. The van der Waals surface area contributed by atoms with E-state index in [1.165, 1.54) is 19.3 Å². The van der Waals surface area contributed by atoms with Gasteiger partial charge >= 0.3 is 0 Å². The number of aromatic nitrogens is 2. The van der Waals surface area contributed by atoms with Gasteiger partial charge in [-0.1, -0.05) is 6.42 Å². The van der Waals surface area contributed by atoms with Gasteiger partial charge in [-0.05, 0) is 26.0 Å². The van der Waals surface area contributed by atoms with Gasteiger partial charge in [0.2, 0.25) is 5.95 Å². The van der Waals surface area contributed by atoms with Crippen molar-refractivity contribution in [1.82, 2.24) is 9.97 Å². The normalized spacial score (nSPS) is 23.7. The Hall–Kier alpha value is -1.01. The van der Waals surface area contributed by atoms with Crippen molar-refractivity contribution in [1.29, 1.82) is 0 Å². The molecule has 1 aromatic heterocycles. The smallest absolute Gasteiger partial charge is 0.239 e. The molecule has 0 bridgehead atoms. The van der Waals surface area contributed by atoms with Crippen LogP contribution in [0.4, 0.5) is 11.8 Å². The van der Waals surface area contributed by atoms with Gasteiger partial charge in [0.1, 0.15) is 5.82 Å². The van der Waals surface area contributed by atoms with Crippen molar-refractivity contribution in [2.75, 3.05) is 17.0 Å². The van der Waals surface area contributed by atoms with Crippen LogP contribution in [0.15, 0.2) is 6.07 Å². The predicted octanol–water partition coefficient (Wildman–Crippen LogP) is 1.77. The number of hydrogen-bond donors (Lipinski definition) is 3. The number of aryl methyl sites for hydroxylation is 1. The second-order valence-electron chi connectivity index (χ2n) is 4.32. The molecule has 6 heteroatoms. The van der Waals surface area contributed by atoms with Crippen LogP contribution in [-0.2, 0) is 0 Å². The lowest BCUT2D eigenvalue weighted by atomic mass is 10.2. The lowest BCUT2D eigenvalue weighted by molar-refractivity contribution is 0.762. The van der Waals surface area contributed by atoms with Gasteiger partial charge < -0.3 is 5.32 Å². The van der Waals surface area contributed by atoms with Gasteiger partial charge in [0, 0.05) is 23.1 Å². The highest BCUT2D eigenvalue weighted by atomic mass is 32.2. The molecule has 0 spiro atoms. The lowest BCUT2D eigenvalue weighted by Gasteiger charge is -2.20. The molecule has 1 aliphatic carbocycles. The Balaban J connectivity index is 2.09. The molecule has 17 heavy (non-hydrogen) atoms. The van der Waals surface area contributed by atoms with Gasteiger partial charge in [-0.25, -0.2) is 10.8 Å². The molecule has 1 fully saturated rings. The van der Waals surface area contributed by atoms with E-state index >= 15 is 0 Å². The van der Waals surface area contributed by atoms with E-state index in [0.717, 1.165) is 11.5 Å². The van der Waals surface area contributed by atoms with Gasteiger partial charge in [0.15, 0.2) is 0 Å². The maximum absolute atomic E-state index is 5.34. The van der Waals surface area contributed by atoms with E-state index in [-0.39, 0.29) is 0 Å². The Morgan fingerprint density at radius 1 is 1.41 bits per heavy atom. The number of hydrazine groups is 1. The minimum Gasteiger partial charge on any atom is -0.366 e. The highest BCUT2D eigenvalue weighted by Crippen LogP contribution is 2.30. The van der Waals surface area contributed by atoms with Crippen LogP contribution in [0, 0.1) is 6.92 Å². The summed E-state index contributed by atoms with van der Waals surface area (Å²) >= 11 is 1.93. The van der Waals surface area contributed by atoms with Crippen LogP contribution in [0.1, 0.15) is 25.0 Å². The number of nitrogens with zero attached hydrogens (tertiary/aromatic N) is 2. The summed E-state index contributed by atoms with van der Waals surface area (Å²) in [6.45, 7) is 1.94. The summed E-state index contributed by atoms with van der Waals surface area (Å²) in [5.74, 6) is 6.66. The van der Waals surface area contributed by atoms with Crippen LogP contribution in [0.25, 0.3) is 0 Å². The molecule has 1 aliphatic rings. The molecule has 2 rings (SSSR count). The summed E-state index contributed by atoms with van der Waals surface area (Å²) in [7, 11) is 0. The molecule has 1 saturated carbocycles. The zero-order valence-electron chi connectivity index (χ0n) is 10.2. The molecule has 2 atom stereocenters. The summed E-state index contributed by atoms with van der Waals surface area (Å²) in [5, 5.41) is 4.17. The van der Waals surface area contributed by atoms with E-state index in [1.807, 2.05) is 24.8 Å².